The molecule has 0 radical (unpaired) electrons. The predicted octanol–water partition coefficient (Wildman–Crippen LogP) is 8.41. The molecule has 4 aliphatic carbocycles. The molecule has 0 saturated heterocycles. The van der Waals surface area contributed by atoms with E-state index < -0.39 is 0 Å². The van der Waals surface area contributed by atoms with Crippen molar-refractivity contribution in [2.24, 2.45) is 51.8 Å². The summed E-state index contributed by atoms with van der Waals surface area (Å²) in [4.78, 5) is 0. The molecule has 0 aromatic carbocycles. The van der Waals surface area contributed by atoms with Gasteiger partial charge in [0, 0.05) is 0 Å². The van der Waals surface area contributed by atoms with Gasteiger partial charge in [-0.15, -0.1) is 0 Å². The Balaban J connectivity index is 1.55. The van der Waals surface area contributed by atoms with Gasteiger partial charge in [0.2, 0.25) is 0 Å². The highest BCUT2D eigenvalue weighted by Gasteiger charge is 2.63. The molecule has 4 rings (SSSR count). The van der Waals surface area contributed by atoms with Crippen LogP contribution in [-0.4, -0.2) is 11.2 Å². The van der Waals surface area contributed by atoms with Gasteiger partial charge in [-0.3, -0.25) is 0 Å². The maximum atomic E-state index is 10.3. The lowest BCUT2D eigenvalue weighted by atomic mass is 9.44. The van der Waals surface area contributed by atoms with Crippen molar-refractivity contribution in [3.05, 3.63) is 11.6 Å². The van der Waals surface area contributed by atoms with Gasteiger partial charge < -0.3 is 5.11 Å². The van der Waals surface area contributed by atoms with Crippen molar-refractivity contribution in [1.82, 2.24) is 0 Å². The molecule has 9 atom stereocenters. The Morgan fingerprint density at radius 2 is 1.71 bits per heavy atom. The lowest BCUT2D eigenvalue weighted by Crippen LogP contribution is -2.53. The van der Waals surface area contributed by atoms with Crippen molar-refractivity contribution < 1.29 is 5.11 Å². The number of hydrogen-bond acceptors (Lipinski definition) is 1. The van der Waals surface area contributed by atoms with Crippen LogP contribution in [0.25, 0.3) is 0 Å². The molecule has 178 valence electrons. The first-order valence-electron chi connectivity index (χ1n) is 14.0. The van der Waals surface area contributed by atoms with E-state index in [2.05, 4.69) is 54.5 Å². The highest BCUT2D eigenvalue weighted by atomic mass is 16.3. The van der Waals surface area contributed by atoms with Crippen LogP contribution in [0.1, 0.15) is 119 Å². The molecule has 0 heterocycles. The first-order valence-corrected chi connectivity index (χ1v) is 14.0. The van der Waals surface area contributed by atoms with Crippen LogP contribution in [-0.2, 0) is 0 Å². The summed E-state index contributed by atoms with van der Waals surface area (Å²) < 4.78 is 0. The monoisotopic (exact) mass is 428 g/mol. The summed E-state index contributed by atoms with van der Waals surface area (Å²) in [7, 11) is 0. The molecule has 1 unspecified atom stereocenters. The molecule has 0 bridgehead atoms. The number of rotatable bonds is 6. The zero-order valence-corrected chi connectivity index (χ0v) is 21.8. The second kappa shape index (κ2) is 8.48. The van der Waals surface area contributed by atoms with Gasteiger partial charge in [-0.25, -0.2) is 0 Å². The summed E-state index contributed by atoms with van der Waals surface area (Å²) in [6, 6.07) is 0. The smallest absolute Gasteiger partial charge is 0.0543 e. The third kappa shape index (κ3) is 3.68. The predicted molar refractivity (Wildman–Crippen MR) is 133 cm³/mol. The Kier molecular flexibility index (Phi) is 6.53. The van der Waals surface area contributed by atoms with E-state index in [-0.39, 0.29) is 6.10 Å². The first-order chi connectivity index (χ1) is 14.6. The largest absolute Gasteiger partial charge is 0.393 e. The highest BCUT2D eigenvalue weighted by molar-refractivity contribution is 5.31. The average molecular weight is 429 g/mol. The molecule has 1 heteroatoms. The van der Waals surface area contributed by atoms with E-state index in [1.54, 1.807) is 0 Å². The number of hydrogen-bond donors (Lipinski definition) is 1. The minimum atomic E-state index is -0.0471. The van der Waals surface area contributed by atoms with E-state index in [0.29, 0.717) is 22.2 Å². The molecule has 0 aromatic heterocycles. The Hall–Kier alpha value is -0.300. The number of allylic oxidation sites excluding steroid dienone is 2. The minimum absolute atomic E-state index is 0.0471. The van der Waals surface area contributed by atoms with Crippen molar-refractivity contribution in [3.63, 3.8) is 0 Å². The maximum absolute atomic E-state index is 10.3. The molecule has 0 aliphatic heterocycles. The molecule has 1 N–H and O–H groups in total. The van der Waals surface area contributed by atoms with Gasteiger partial charge in [-0.1, -0.05) is 73.0 Å². The molecular formula is C30H52O. The fourth-order valence-electron chi connectivity index (χ4n) is 9.51. The van der Waals surface area contributed by atoms with E-state index in [0.717, 1.165) is 42.4 Å². The van der Waals surface area contributed by atoms with Crippen LogP contribution in [0.15, 0.2) is 11.6 Å². The van der Waals surface area contributed by atoms with Crippen molar-refractivity contribution in [3.8, 4) is 0 Å². The Bertz CT molecular complexity index is 678. The minimum Gasteiger partial charge on any atom is -0.393 e. The normalized spacial score (nSPS) is 46.7. The van der Waals surface area contributed by atoms with Crippen molar-refractivity contribution in [2.45, 2.75) is 125 Å². The molecule has 3 saturated carbocycles. The van der Waals surface area contributed by atoms with E-state index >= 15 is 0 Å². The van der Waals surface area contributed by atoms with Crippen LogP contribution >= 0.6 is 0 Å². The molecule has 0 spiro atoms. The summed E-state index contributed by atoms with van der Waals surface area (Å²) in [5.74, 6) is 4.97. The number of fused-ring (bicyclic) bond motifs is 5. The summed E-state index contributed by atoms with van der Waals surface area (Å²) in [5, 5.41) is 10.3. The zero-order chi connectivity index (χ0) is 22.6. The molecule has 4 aliphatic rings. The molecule has 0 amide bonds. The summed E-state index contributed by atoms with van der Waals surface area (Å²) in [5.41, 5.74) is 3.14. The molecule has 0 aromatic rings. The SMILES string of the molecule is CC[C@H](CC[C@@H](C)[C@H]1CC[C@@]2(C)[C@@H]3CCC4C[C@H](O)CC[C@]4(C)C3=CC[C@]12C)C(C)C. The first kappa shape index (κ1) is 23.8. The van der Waals surface area contributed by atoms with Gasteiger partial charge in [0.15, 0.2) is 0 Å². The standard InChI is InChI=1S/C30H52O/c1-8-22(20(2)3)10-9-21(4)25-14-17-30(7)27-12-11-23-19-24(31)13-16-28(23,5)26(27)15-18-29(25,30)6/h15,20-25,27,31H,8-14,16-19H2,1-7H3/t21-,22-,23?,24-,25-,27-,28+,29-,30+/m1/s1. The van der Waals surface area contributed by atoms with Crippen LogP contribution < -0.4 is 0 Å². The molecule has 1 nitrogen and oxygen atoms in total. The summed E-state index contributed by atoms with van der Waals surface area (Å²) >= 11 is 0. The zero-order valence-electron chi connectivity index (χ0n) is 21.8. The lowest BCUT2D eigenvalue weighted by molar-refractivity contribution is -0.0562. The summed E-state index contributed by atoms with van der Waals surface area (Å²) in [6.45, 7) is 17.8. The highest BCUT2D eigenvalue weighted by Crippen LogP contribution is 2.71. The van der Waals surface area contributed by atoms with Crippen LogP contribution in [0.4, 0.5) is 0 Å². The third-order valence-corrected chi connectivity index (χ3v) is 12.1. The van der Waals surface area contributed by atoms with Crippen LogP contribution in [0, 0.1) is 51.8 Å². The van der Waals surface area contributed by atoms with Crippen molar-refractivity contribution >= 4 is 0 Å². The third-order valence-electron chi connectivity index (χ3n) is 12.1. The second-order valence-corrected chi connectivity index (χ2v) is 13.5. The average Bonchev–Trinajstić information content (AvgIpc) is 3.00. The maximum Gasteiger partial charge on any atom is 0.0543 e. The molecule has 3 fully saturated rings. The Labute approximate surface area is 193 Å². The van der Waals surface area contributed by atoms with Crippen LogP contribution in [0.2, 0.25) is 0 Å². The summed E-state index contributed by atoms with van der Waals surface area (Å²) in [6.07, 6.45) is 17.1. The second-order valence-electron chi connectivity index (χ2n) is 13.5. The van der Waals surface area contributed by atoms with Gasteiger partial charge in [0.25, 0.3) is 0 Å². The van der Waals surface area contributed by atoms with E-state index in [1.807, 2.05) is 5.57 Å². The van der Waals surface area contributed by atoms with E-state index in [9.17, 15) is 5.11 Å². The van der Waals surface area contributed by atoms with Crippen molar-refractivity contribution in [1.29, 1.82) is 0 Å². The Morgan fingerprint density at radius 3 is 2.39 bits per heavy atom. The molecular weight excluding hydrogens is 376 g/mol. The van der Waals surface area contributed by atoms with Crippen LogP contribution in [0.3, 0.4) is 0 Å². The quantitative estimate of drug-likeness (QED) is 0.421. The van der Waals surface area contributed by atoms with Gasteiger partial charge in [0.1, 0.15) is 0 Å². The van der Waals surface area contributed by atoms with E-state index in [1.165, 1.54) is 57.8 Å². The number of aliphatic hydroxyl groups excluding tert-OH is 1. The van der Waals surface area contributed by atoms with Gasteiger partial charge in [0.05, 0.1) is 6.10 Å². The van der Waals surface area contributed by atoms with Crippen LogP contribution in [0.5, 0.6) is 0 Å². The van der Waals surface area contributed by atoms with Gasteiger partial charge in [-0.05, 0) is 110 Å². The lowest BCUT2D eigenvalue weighted by Gasteiger charge is -2.61. The molecule has 31 heavy (non-hydrogen) atoms. The topological polar surface area (TPSA) is 20.2 Å². The van der Waals surface area contributed by atoms with Crippen molar-refractivity contribution in [2.75, 3.05) is 0 Å². The van der Waals surface area contributed by atoms with E-state index in [4.69, 9.17) is 0 Å². The fraction of sp³-hybridized carbons (Fsp3) is 0.933. The fourth-order valence-corrected chi connectivity index (χ4v) is 9.51. The van der Waals surface area contributed by atoms with Gasteiger partial charge in [-0.2, -0.15) is 0 Å². The van der Waals surface area contributed by atoms with Gasteiger partial charge >= 0.3 is 0 Å². The Morgan fingerprint density at radius 1 is 0.968 bits per heavy atom. The number of aliphatic hydroxyl groups is 1.